The lowest BCUT2D eigenvalue weighted by Gasteiger charge is -1.84. The Kier molecular flexibility index (Phi) is 3.58. The molecule has 0 saturated carbocycles. The SMILES string of the molecule is C=C/C(=C/N)N=CC. The molecule has 8 heavy (non-hydrogen) atoms. The minimum atomic E-state index is 0.701. The van der Waals surface area contributed by atoms with Crippen LogP contribution in [0.15, 0.2) is 29.5 Å². The number of aliphatic imine (C=N–C) groups is 1. The Balaban J connectivity index is 3.91. The Labute approximate surface area is 49.4 Å². The van der Waals surface area contributed by atoms with Crippen LogP contribution in [0.1, 0.15) is 6.92 Å². The van der Waals surface area contributed by atoms with Gasteiger partial charge in [0, 0.05) is 12.4 Å². The first kappa shape index (κ1) is 6.95. The van der Waals surface area contributed by atoms with Gasteiger partial charge in [0.15, 0.2) is 0 Å². The van der Waals surface area contributed by atoms with E-state index < -0.39 is 0 Å². The van der Waals surface area contributed by atoms with E-state index in [9.17, 15) is 0 Å². The fourth-order valence-electron chi connectivity index (χ4n) is 0.313. The lowest BCUT2D eigenvalue weighted by molar-refractivity contribution is 1.37. The molecule has 0 aromatic heterocycles. The zero-order valence-corrected chi connectivity index (χ0v) is 4.96. The highest BCUT2D eigenvalue weighted by molar-refractivity contribution is 5.55. The van der Waals surface area contributed by atoms with Crippen molar-refractivity contribution in [1.29, 1.82) is 0 Å². The third-order valence-electron chi connectivity index (χ3n) is 0.658. The van der Waals surface area contributed by atoms with E-state index in [0.29, 0.717) is 5.70 Å². The van der Waals surface area contributed by atoms with Gasteiger partial charge in [-0.25, -0.2) is 0 Å². The van der Waals surface area contributed by atoms with Crippen molar-refractivity contribution >= 4 is 6.21 Å². The van der Waals surface area contributed by atoms with Crippen LogP contribution < -0.4 is 5.73 Å². The van der Waals surface area contributed by atoms with E-state index in [1.54, 1.807) is 12.3 Å². The van der Waals surface area contributed by atoms with Gasteiger partial charge in [-0.15, -0.1) is 0 Å². The first-order valence-electron chi connectivity index (χ1n) is 2.38. The van der Waals surface area contributed by atoms with Crippen LogP contribution in [-0.2, 0) is 0 Å². The van der Waals surface area contributed by atoms with Crippen LogP contribution in [0.4, 0.5) is 0 Å². The summed E-state index contributed by atoms with van der Waals surface area (Å²) >= 11 is 0. The molecule has 2 nitrogen and oxygen atoms in total. The maximum atomic E-state index is 5.12. The number of hydrogen-bond donors (Lipinski definition) is 1. The van der Waals surface area contributed by atoms with E-state index >= 15 is 0 Å². The van der Waals surface area contributed by atoms with Crippen LogP contribution in [0, 0.1) is 0 Å². The quantitative estimate of drug-likeness (QED) is 0.419. The van der Waals surface area contributed by atoms with Gasteiger partial charge in [-0.3, -0.25) is 4.99 Å². The summed E-state index contributed by atoms with van der Waals surface area (Å²) in [6.07, 6.45) is 4.67. The Morgan fingerprint density at radius 2 is 2.38 bits per heavy atom. The second-order valence-corrected chi connectivity index (χ2v) is 1.18. The molecule has 0 atom stereocenters. The van der Waals surface area contributed by atoms with Crippen molar-refractivity contribution in [3.8, 4) is 0 Å². The molecule has 0 aliphatic heterocycles. The molecule has 0 aliphatic rings. The van der Waals surface area contributed by atoms with Crippen LogP contribution in [0.25, 0.3) is 0 Å². The predicted molar refractivity (Wildman–Crippen MR) is 36.6 cm³/mol. The van der Waals surface area contributed by atoms with Gasteiger partial charge in [0.05, 0.1) is 5.70 Å². The predicted octanol–water partition coefficient (Wildman–Crippen LogP) is 1.06. The average Bonchev–Trinajstić information content (AvgIpc) is 1.83. The maximum Gasteiger partial charge on any atom is 0.0774 e. The van der Waals surface area contributed by atoms with Crippen molar-refractivity contribution in [2.24, 2.45) is 10.7 Å². The molecular formula is C6H10N2. The monoisotopic (exact) mass is 110 g/mol. The number of rotatable bonds is 2. The zero-order valence-electron chi connectivity index (χ0n) is 4.96. The smallest absolute Gasteiger partial charge is 0.0774 e. The third-order valence-corrected chi connectivity index (χ3v) is 0.658. The van der Waals surface area contributed by atoms with Gasteiger partial charge in [0.25, 0.3) is 0 Å². The fraction of sp³-hybridized carbons (Fsp3) is 0.167. The van der Waals surface area contributed by atoms with E-state index in [1.807, 2.05) is 6.92 Å². The molecule has 0 amide bonds. The van der Waals surface area contributed by atoms with E-state index in [1.165, 1.54) is 6.20 Å². The molecule has 0 fully saturated rings. The van der Waals surface area contributed by atoms with Gasteiger partial charge < -0.3 is 5.73 Å². The highest BCUT2D eigenvalue weighted by atomic mass is 14.7. The summed E-state index contributed by atoms with van der Waals surface area (Å²) in [7, 11) is 0. The summed E-state index contributed by atoms with van der Waals surface area (Å²) in [5.41, 5.74) is 5.82. The van der Waals surface area contributed by atoms with Crippen molar-refractivity contribution in [2.75, 3.05) is 0 Å². The van der Waals surface area contributed by atoms with Gasteiger partial charge in [-0.1, -0.05) is 6.58 Å². The number of allylic oxidation sites excluding steroid dienone is 1. The second-order valence-electron chi connectivity index (χ2n) is 1.18. The molecule has 2 N–H and O–H groups in total. The molecular weight excluding hydrogens is 100 g/mol. The van der Waals surface area contributed by atoms with Crippen molar-refractivity contribution in [1.82, 2.24) is 0 Å². The number of nitrogens with two attached hydrogens (primary N) is 1. The Morgan fingerprint density at radius 1 is 1.75 bits per heavy atom. The van der Waals surface area contributed by atoms with Crippen molar-refractivity contribution in [3.63, 3.8) is 0 Å². The van der Waals surface area contributed by atoms with Gasteiger partial charge in [-0.2, -0.15) is 0 Å². The molecule has 44 valence electrons. The van der Waals surface area contributed by atoms with Crippen molar-refractivity contribution in [2.45, 2.75) is 6.92 Å². The van der Waals surface area contributed by atoms with Crippen LogP contribution in [0.2, 0.25) is 0 Å². The second kappa shape index (κ2) is 4.12. The summed E-state index contributed by atoms with van der Waals surface area (Å²) < 4.78 is 0. The third kappa shape index (κ3) is 2.18. The zero-order chi connectivity index (χ0) is 6.41. The van der Waals surface area contributed by atoms with Crippen LogP contribution >= 0.6 is 0 Å². The molecule has 0 heterocycles. The molecule has 0 bridgehead atoms. The lowest BCUT2D eigenvalue weighted by Crippen LogP contribution is -1.81. The molecule has 0 aliphatic carbocycles. The molecule has 0 unspecified atom stereocenters. The first-order chi connectivity index (χ1) is 3.85. The maximum absolute atomic E-state index is 5.12. The fourth-order valence-corrected chi connectivity index (χ4v) is 0.313. The van der Waals surface area contributed by atoms with Crippen LogP contribution in [-0.4, -0.2) is 6.21 Å². The van der Waals surface area contributed by atoms with Gasteiger partial charge in [-0.05, 0) is 13.0 Å². The largest absolute Gasteiger partial charge is 0.403 e. The lowest BCUT2D eigenvalue weighted by atomic mass is 10.5. The van der Waals surface area contributed by atoms with Crippen LogP contribution in [0.3, 0.4) is 0 Å². The normalized spacial score (nSPS) is 12.4. The Morgan fingerprint density at radius 3 is 2.50 bits per heavy atom. The molecule has 2 heteroatoms. The molecule has 0 aromatic rings. The van der Waals surface area contributed by atoms with Crippen molar-refractivity contribution in [3.05, 3.63) is 24.6 Å². The van der Waals surface area contributed by atoms with E-state index in [-0.39, 0.29) is 0 Å². The summed E-state index contributed by atoms with van der Waals surface area (Å²) in [6.45, 7) is 5.31. The molecule has 0 spiro atoms. The van der Waals surface area contributed by atoms with E-state index in [0.717, 1.165) is 0 Å². The molecule has 0 saturated heterocycles. The number of hydrogen-bond acceptors (Lipinski definition) is 2. The molecule has 0 radical (unpaired) electrons. The summed E-state index contributed by atoms with van der Waals surface area (Å²) in [5, 5.41) is 0. The van der Waals surface area contributed by atoms with Crippen molar-refractivity contribution < 1.29 is 0 Å². The minimum absolute atomic E-state index is 0.701. The Hall–Kier alpha value is -1.05. The topological polar surface area (TPSA) is 38.4 Å². The van der Waals surface area contributed by atoms with E-state index in [2.05, 4.69) is 11.6 Å². The van der Waals surface area contributed by atoms with E-state index in [4.69, 9.17) is 5.73 Å². The molecule has 0 aromatic carbocycles. The number of nitrogens with zero attached hydrogens (tertiary/aromatic N) is 1. The molecule has 0 rings (SSSR count). The average molecular weight is 110 g/mol. The van der Waals surface area contributed by atoms with Crippen LogP contribution in [0.5, 0.6) is 0 Å². The standard InChI is InChI=1S/C6H10N2/c1-3-6(5-7)8-4-2/h3-5H,1,7H2,2H3/b6-5-,8-4?. The first-order valence-corrected chi connectivity index (χ1v) is 2.38. The summed E-state index contributed by atoms with van der Waals surface area (Å²) in [5.74, 6) is 0. The minimum Gasteiger partial charge on any atom is -0.403 e. The highest BCUT2D eigenvalue weighted by Crippen LogP contribution is 1.91. The van der Waals surface area contributed by atoms with Gasteiger partial charge >= 0.3 is 0 Å². The Bertz CT molecular complexity index is 122. The summed E-state index contributed by atoms with van der Waals surface area (Å²) in [4.78, 5) is 3.85. The van der Waals surface area contributed by atoms with Gasteiger partial charge in [0.2, 0.25) is 0 Å². The highest BCUT2D eigenvalue weighted by Gasteiger charge is 1.76. The van der Waals surface area contributed by atoms with Gasteiger partial charge in [0.1, 0.15) is 0 Å². The summed E-state index contributed by atoms with van der Waals surface area (Å²) in [6, 6.07) is 0.